The molecule has 6 nitrogen and oxygen atoms in total. The summed E-state index contributed by atoms with van der Waals surface area (Å²) in [6, 6.07) is 7.27. The van der Waals surface area contributed by atoms with Crippen LogP contribution in [-0.2, 0) is 10.3 Å². The third kappa shape index (κ3) is 5.25. The molecule has 0 unspecified atom stereocenters. The fourth-order valence-corrected chi connectivity index (χ4v) is 3.02. The van der Waals surface area contributed by atoms with E-state index in [2.05, 4.69) is 10.4 Å². The Morgan fingerprint density at radius 1 is 1.31 bits per heavy atom. The van der Waals surface area contributed by atoms with E-state index in [-0.39, 0.29) is 17.2 Å². The summed E-state index contributed by atoms with van der Waals surface area (Å²) in [7, 11) is 0. The smallest absolute Gasteiger partial charge is 0.313 e. The Kier molecular flexibility index (Phi) is 6.72. The van der Waals surface area contributed by atoms with Crippen LogP contribution < -0.4 is 5.32 Å². The molecule has 1 aromatic carbocycles. The molecular formula is C18H22ClN3O3S. The third-order valence-corrected chi connectivity index (χ3v) is 4.81. The van der Waals surface area contributed by atoms with Crippen molar-refractivity contribution in [3.05, 3.63) is 41.0 Å². The lowest BCUT2D eigenvalue weighted by atomic mass is 10.1. The summed E-state index contributed by atoms with van der Waals surface area (Å²) in [6.45, 7) is 6.38. The molecule has 0 aliphatic heterocycles. The lowest BCUT2D eigenvalue weighted by Gasteiger charge is -2.18. The van der Waals surface area contributed by atoms with Crippen LogP contribution in [0.15, 0.2) is 30.5 Å². The summed E-state index contributed by atoms with van der Waals surface area (Å²) in [4.78, 5) is 23.2. The number of amides is 1. The molecule has 0 saturated carbocycles. The number of thioether (sulfide) groups is 1. The summed E-state index contributed by atoms with van der Waals surface area (Å²) in [5.41, 5.74) is 1.38. The number of carbonyl (C=O) groups is 2. The van der Waals surface area contributed by atoms with Gasteiger partial charge >= 0.3 is 5.97 Å². The highest BCUT2D eigenvalue weighted by molar-refractivity contribution is 7.99. The van der Waals surface area contributed by atoms with Crippen LogP contribution in [0.25, 0.3) is 11.3 Å². The van der Waals surface area contributed by atoms with Crippen molar-refractivity contribution in [3.63, 3.8) is 0 Å². The molecule has 0 spiro atoms. The predicted molar refractivity (Wildman–Crippen MR) is 105 cm³/mol. The van der Waals surface area contributed by atoms with Crippen molar-refractivity contribution in [2.45, 2.75) is 26.3 Å². The van der Waals surface area contributed by atoms with Gasteiger partial charge in [0.05, 0.1) is 21.9 Å². The topological polar surface area (TPSA) is 84.2 Å². The molecule has 140 valence electrons. The lowest BCUT2D eigenvalue weighted by molar-refractivity contribution is -0.133. The maximum atomic E-state index is 12.7. The largest absolute Gasteiger partial charge is 0.481 e. The molecule has 0 fully saturated rings. The highest BCUT2D eigenvalue weighted by Crippen LogP contribution is 2.30. The molecule has 0 saturated heterocycles. The van der Waals surface area contributed by atoms with E-state index in [1.54, 1.807) is 16.9 Å². The molecule has 2 N–H and O–H groups in total. The first-order valence-electron chi connectivity index (χ1n) is 8.13. The van der Waals surface area contributed by atoms with E-state index < -0.39 is 5.97 Å². The van der Waals surface area contributed by atoms with Crippen LogP contribution in [0.5, 0.6) is 0 Å². The van der Waals surface area contributed by atoms with Crippen LogP contribution in [0.2, 0.25) is 5.02 Å². The Bertz CT molecular complexity index is 799. The summed E-state index contributed by atoms with van der Waals surface area (Å²) in [5.74, 6) is -0.588. The fraction of sp³-hybridized carbons (Fsp3) is 0.389. The number of aromatic nitrogens is 2. The van der Waals surface area contributed by atoms with Crippen LogP contribution in [0.4, 0.5) is 0 Å². The van der Waals surface area contributed by atoms with E-state index in [1.807, 2.05) is 39.0 Å². The number of halogens is 1. The Hall–Kier alpha value is -1.99. The van der Waals surface area contributed by atoms with E-state index in [4.69, 9.17) is 16.7 Å². The van der Waals surface area contributed by atoms with E-state index in [0.717, 1.165) is 0 Å². The van der Waals surface area contributed by atoms with Crippen molar-refractivity contribution in [2.24, 2.45) is 0 Å². The van der Waals surface area contributed by atoms with Gasteiger partial charge < -0.3 is 10.4 Å². The summed E-state index contributed by atoms with van der Waals surface area (Å²) in [6.07, 6.45) is 1.72. The normalized spacial score (nSPS) is 11.4. The first-order chi connectivity index (χ1) is 12.2. The van der Waals surface area contributed by atoms with Crippen LogP contribution in [-0.4, -0.2) is 44.8 Å². The van der Waals surface area contributed by atoms with Crippen LogP contribution in [0.3, 0.4) is 0 Å². The van der Waals surface area contributed by atoms with Gasteiger partial charge in [-0.1, -0.05) is 29.8 Å². The number of nitrogens with one attached hydrogen (secondary N) is 1. The molecule has 26 heavy (non-hydrogen) atoms. The van der Waals surface area contributed by atoms with E-state index in [9.17, 15) is 9.59 Å². The fourth-order valence-electron chi connectivity index (χ4n) is 2.23. The van der Waals surface area contributed by atoms with E-state index >= 15 is 0 Å². The van der Waals surface area contributed by atoms with Gasteiger partial charge in [-0.25, -0.2) is 0 Å². The third-order valence-electron chi connectivity index (χ3n) is 3.53. The Morgan fingerprint density at radius 3 is 2.62 bits per heavy atom. The summed E-state index contributed by atoms with van der Waals surface area (Å²) < 4.78 is 1.75. The number of aliphatic carboxylic acids is 1. The molecule has 0 radical (unpaired) electrons. The SMILES string of the molecule is CC(C)(C)n1cc(C(=O)NCCSCC(=O)O)c(-c2ccccc2Cl)n1. The Labute approximate surface area is 161 Å². The van der Waals surface area contributed by atoms with Crippen molar-refractivity contribution < 1.29 is 14.7 Å². The lowest BCUT2D eigenvalue weighted by Crippen LogP contribution is -2.26. The zero-order chi connectivity index (χ0) is 19.3. The van der Waals surface area contributed by atoms with Gasteiger partial charge in [0.2, 0.25) is 0 Å². The second kappa shape index (κ2) is 8.60. The van der Waals surface area contributed by atoms with Gasteiger partial charge in [0.15, 0.2) is 0 Å². The van der Waals surface area contributed by atoms with Gasteiger partial charge in [-0.05, 0) is 26.8 Å². The number of benzene rings is 1. The summed E-state index contributed by atoms with van der Waals surface area (Å²) in [5, 5.41) is 16.6. The van der Waals surface area contributed by atoms with Gasteiger partial charge in [-0.15, -0.1) is 11.8 Å². The highest BCUT2D eigenvalue weighted by Gasteiger charge is 2.23. The number of hydrogen-bond acceptors (Lipinski definition) is 4. The van der Waals surface area contributed by atoms with Crippen LogP contribution in [0, 0.1) is 0 Å². The number of hydrogen-bond donors (Lipinski definition) is 2. The van der Waals surface area contributed by atoms with E-state index in [1.165, 1.54) is 11.8 Å². The zero-order valence-electron chi connectivity index (χ0n) is 15.0. The van der Waals surface area contributed by atoms with Gasteiger partial charge in [0.1, 0.15) is 5.69 Å². The van der Waals surface area contributed by atoms with Gasteiger partial charge in [-0.3, -0.25) is 14.3 Å². The van der Waals surface area contributed by atoms with Crippen molar-refractivity contribution in [3.8, 4) is 11.3 Å². The number of carbonyl (C=O) groups excluding carboxylic acids is 1. The molecule has 0 aliphatic rings. The first-order valence-corrected chi connectivity index (χ1v) is 9.66. The van der Waals surface area contributed by atoms with Crippen LogP contribution in [0.1, 0.15) is 31.1 Å². The minimum absolute atomic E-state index is 0.0166. The van der Waals surface area contributed by atoms with E-state index in [0.29, 0.717) is 34.1 Å². The minimum Gasteiger partial charge on any atom is -0.481 e. The molecule has 1 aromatic heterocycles. The van der Waals surface area contributed by atoms with Crippen molar-refractivity contribution in [2.75, 3.05) is 18.1 Å². The van der Waals surface area contributed by atoms with Crippen molar-refractivity contribution in [1.29, 1.82) is 0 Å². The molecule has 2 rings (SSSR count). The molecule has 0 atom stereocenters. The molecule has 1 amide bonds. The predicted octanol–water partition coefficient (Wildman–Crippen LogP) is 3.51. The molecule has 0 aliphatic carbocycles. The average Bonchev–Trinajstić information content (AvgIpc) is 3.00. The monoisotopic (exact) mass is 395 g/mol. The number of nitrogens with zero attached hydrogens (tertiary/aromatic N) is 2. The second-order valence-electron chi connectivity index (χ2n) is 6.69. The van der Waals surface area contributed by atoms with Crippen molar-refractivity contribution >= 4 is 35.2 Å². The maximum absolute atomic E-state index is 12.7. The standard InChI is InChI=1S/C18H22ClN3O3S/c1-18(2,3)22-10-13(17(25)20-8-9-26-11-15(23)24)16(21-22)12-6-4-5-7-14(12)19/h4-7,10H,8-9,11H2,1-3H3,(H,20,25)(H,23,24). The highest BCUT2D eigenvalue weighted by atomic mass is 35.5. The Morgan fingerprint density at radius 2 is 2.00 bits per heavy atom. The Balaban J connectivity index is 2.23. The molecule has 2 aromatic rings. The first kappa shape index (κ1) is 20.3. The molecule has 1 heterocycles. The molecule has 0 bridgehead atoms. The van der Waals surface area contributed by atoms with Crippen LogP contribution >= 0.6 is 23.4 Å². The number of rotatable bonds is 7. The maximum Gasteiger partial charge on any atom is 0.313 e. The van der Waals surface area contributed by atoms with Crippen molar-refractivity contribution in [1.82, 2.24) is 15.1 Å². The van der Waals surface area contributed by atoms with Gasteiger partial charge in [0, 0.05) is 24.1 Å². The average molecular weight is 396 g/mol. The quantitative estimate of drug-likeness (QED) is 0.701. The molecular weight excluding hydrogens is 374 g/mol. The number of carboxylic acid groups (broad SMARTS) is 1. The van der Waals surface area contributed by atoms with Gasteiger partial charge in [-0.2, -0.15) is 5.10 Å². The molecule has 8 heteroatoms. The summed E-state index contributed by atoms with van der Waals surface area (Å²) >= 11 is 7.55. The minimum atomic E-state index is -0.867. The van der Waals surface area contributed by atoms with Gasteiger partial charge in [0.25, 0.3) is 5.91 Å². The zero-order valence-corrected chi connectivity index (χ0v) is 16.5. The number of carboxylic acids is 1. The second-order valence-corrected chi connectivity index (χ2v) is 8.20.